The fraction of sp³-hybridized carbons (Fsp3) is 0.647. The smallest absolute Gasteiger partial charge is 0.0186 e. The second-order valence-corrected chi connectivity index (χ2v) is 5.86. The fourth-order valence-electron chi connectivity index (χ4n) is 3.83. The van der Waals surface area contributed by atoms with Crippen LogP contribution in [-0.2, 0) is 0 Å². The van der Waals surface area contributed by atoms with E-state index in [1.807, 2.05) is 0 Å². The Hall–Kier alpha value is -0.820. The Bertz CT molecular complexity index is 359. The fourth-order valence-corrected chi connectivity index (χ4v) is 3.83. The molecule has 1 aromatic rings. The van der Waals surface area contributed by atoms with Gasteiger partial charge in [-0.05, 0) is 36.7 Å². The molecule has 1 aromatic carbocycles. The Morgan fingerprint density at radius 1 is 1.17 bits per heavy atom. The van der Waals surface area contributed by atoms with E-state index >= 15 is 0 Å². The molecule has 3 unspecified atom stereocenters. The van der Waals surface area contributed by atoms with Crippen LogP contribution >= 0.6 is 0 Å². The minimum atomic E-state index is 0.0474. The summed E-state index contributed by atoms with van der Waals surface area (Å²) in [4.78, 5) is 0. The average molecular weight is 245 g/mol. The Kier molecular flexibility index (Phi) is 4.45. The molecule has 0 bridgehead atoms. The van der Waals surface area contributed by atoms with Gasteiger partial charge in [0.1, 0.15) is 0 Å². The molecule has 3 atom stereocenters. The summed E-state index contributed by atoms with van der Waals surface area (Å²) in [5, 5.41) is 0. The molecule has 1 aliphatic carbocycles. The lowest BCUT2D eigenvalue weighted by Crippen LogP contribution is -2.47. The van der Waals surface area contributed by atoms with E-state index in [0.717, 1.165) is 6.42 Å². The minimum absolute atomic E-state index is 0.0474. The second-order valence-electron chi connectivity index (χ2n) is 5.86. The van der Waals surface area contributed by atoms with Crippen molar-refractivity contribution in [2.24, 2.45) is 11.7 Å². The molecule has 1 heteroatoms. The van der Waals surface area contributed by atoms with Crippen LogP contribution in [0.25, 0.3) is 0 Å². The van der Waals surface area contributed by atoms with Crippen LogP contribution < -0.4 is 5.73 Å². The van der Waals surface area contributed by atoms with Crippen LogP contribution in [0.4, 0.5) is 0 Å². The first kappa shape index (κ1) is 13.6. The standard InChI is InChI=1S/C17H27N/c1-3-16-15(14-10-6-5-7-11-14)12-8-9-13-17(16,18)4-2/h5-7,10-11,15-16H,3-4,8-9,12-13,18H2,1-2H3. The molecule has 2 rings (SSSR count). The van der Waals surface area contributed by atoms with Crippen molar-refractivity contribution in [1.29, 1.82) is 0 Å². The predicted molar refractivity (Wildman–Crippen MR) is 78.6 cm³/mol. The van der Waals surface area contributed by atoms with Crippen molar-refractivity contribution >= 4 is 0 Å². The molecule has 0 aliphatic heterocycles. The van der Waals surface area contributed by atoms with Crippen molar-refractivity contribution in [2.45, 2.75) is 63.8 Å². The van der Waals surface area contributed by atoms with Gasteiger partial charge in [-0.3, -0.25) is 0 Å². The molecule has 1 saturated carbocycles. The van der Waals surface area contributed by atoms with Crippen molar-refractivity contribution in [1.82, 2.24) is 0 Å². The van der Waals surface area contributed by atoms with Gasteiger partial charge in [0.2, 0.25) is 0 Å². The number of hydrogen-bond donors (Lipinski definition) is 1. The van der Waals surface area contributed by atoms with E-state index < -0.39 is 0 Å². The molecule has 0 radical (unpaired) electrons. The molecule has 0 aromatic heterocycles. The molecule has 1 fully saturated rings. The first-order valence-electron chi connectivity index (χ1n) is 7.55. The summed E-state index contributed by atoms with van der Waals surface area (Å²) >= 11 is 0. The molecule has 0 heterocycles. The van der Waals surface area contributed by atoms with Crippen molar-refractivity contribution in [2.75, 3.05) is 0 Å². The molecule has 2 N–H and O–H groups in total. The number of rotatable bonds is 3. The highest BCUT2D eigenvalue weighted by Gasteiger charge is 2.39. The maximum atomic E-state index is 6.74. The van der Waals surface area contributed by atoms with Gasteiger partial charge >= 0.3 is 0 Å². The highest BCUT2D eigenvalue weighted by Crippen LogP contribution is 2.43. The highest BCUT2D eigenvalue weighted by atomic mass is 14.8. The molecule has 0 spiro atoms. The lowest BCUT2D eigenvalue weighted by molar-refractivity contribution is 0.213. The largest absolute Gasteiger partial charge is 0.325 e. The molecule has 0 saturated heterocycles. The SMILES string of the molecule is CCC1C(c2ccccc2)CCCCC1(N)CC. The van der Waals surface area contributed by atoms with Gasteiger partial charge in [-0.15, -0.1) is 0 Å². The van der Waals surface area contributed by atoms with E-state index in [2.05, 4.69) is 44.2 Å². The molecule has 1 nitrogen and oxygen atoms in total. The third kappa shape index (κ3) is 2.61. The molecule has 1 aliphatic rings. The average Bonchev–Trinajstić information content (AvgIpc) is 2.59. The van der Waals surface area contributed by atoms with Crippen molar-refractivity contribution in [3.8, 4) is 0 Å². The quantitative estimate of drug-likeness (QED) is 0.781. The summed E-state index contributed by atoms with van der Waals surface area (Å²) < 4.78 is 0. The lowest BCUT2D eigenvalue weighted by Gasteiger charge is -2.39. The summed E-state index contributed by atoms with van der Waals surface area (Å²) in [6.07, 6.45) is 7.44. The maximum Gasteiger partial charge on any atom is 0.0186 e. The normalized spacial score (nSPS) is 33.1. The van der Waals surface area contributed by atoms with E-state index in [1.165, 1.54) is 37.7 Å². The Balaban J connectivity index is 2.32. The van der Waals surface area contributed by atoms with Crippen LogP contribution in [0.1, 0.15) is 63.9 Å². The maximum absolute atomic E-state index is 6.74. The molecule has 0 amide bonds. The molecule has 18 heavy (non-hydrogen) atoms. The third-order valence-electron chi connectivity index (χ3n) is 4.96. The van der Waals surface area contributed by atoms with Crippen LogP contribution in [0.2, 0.25) is 0 Å². The second kappa shape index (κ2) is 5.88. The summed E-state index contributed by atoms with van der Waals surface area (Å²) in [6, 6.07) is 11.0. The number of nitrogens with two attached hydrogens (primary N) is 1. The summed E-state index contributed by atoms with van der Waals surface area (Å²) in [5.74, 6) is 1.29. The van der Waals surface area contributed by atoms with Crippen LogP contribution in [0.5, 0.6) is 0 Å². The zero-order valence-corrected chi connectivity index (χ0v) is 11.9. The van der Waals surface area contributed by atoms with Gasteiger partial charge in [-0.2, -0.15) is 0 Å². The van der Waals surface area contributed by atoms with Gasteiger partial charge in [0.15, 0.2) is 0 Å². The lowest BCUT2D eigenvalue weighted by atomic mass is 9.70. The van der Waals surface area contributed by atoms with E-state index in [-0.39, 0.29) is 5.54 Å². The molecular weight excluding hydrogens is 218 g/mol. The van der Waals surface area contributed by atoms with Crippen molar-refractivity contribution in [3.63, 3.8) is 0 Å². The van der Waals surface area contributed by atoms with Gasteiger partial charge in [0.25, 0.3) is 0 Å². The van der Waals surface area contributed by atoms with Crippen molar-refractivity contribution < 1.29 is 0 Å². The van der Waals surface area contributed by atoms with Gasteiger partial charge in [-0.1, -0.05) is 63.4 Å². The van der Waals surface area contributed by atoms with Crippen molar-refractivity contribution in [3.05, 3.63) is 35.9 Å². The predicted octanol–water partition coefficient (Wildman–Crippen LogP) is 4.48. The van der Waals surface area contributed by atoms with Gasteiger partial charge in [-0.25, -0.2) is 0 Å². The van der Waals surface area contributed by atoms with E-state index in [4.69, 9.17) is 5.73 Å². The van der Waals surface area contributed by atoms with Gasteiger partial charge < -0.3 is 5.73 Å². The summed E-state index contributed by atoms with van der Waals surface area (Å²) in [6.45, 7) is 4.57. The molecule has 100 valence electrons. The highest BCUT2D eigenvalue weighted by molar-refractivity contribution is 5.22. The van der Waals surface area contributed by atoms with Crippen LogP contribution in [-0.4, -0.2) is 5.54 Å². The Morgan fingerprint density at radius 2 is 1.89 bits per heavy atom. The first-order valence-corrected chi connectivity index (χ1v) is 7.55. The summed E-state index contributed by atoms with van der Waals surface area (Å²) in [7, 11) is 0. The zero-order valence-electron chi connectivity index (χ0n) is 11.9. The van der Waals surface area contributed by atoms with Crippen LogP contribution in [0.15, 0.2) is 30.3 Å². The van der Waals surface area contributed by atoms with E-state index in [1.54, 1.807) is 0 Å². The third-order valence-corrected chi connectivity index (χ3v) is 4.96. The zero-order chi connectivity index (χ0) is 13.0. The summed E-state index contributed by atoms with van der Waals surface area (Å²) in [5.41, 5.74) is 8.28. The van der Waals surface area contributed by atoms with Gasteiger partial charge in [0.05, 0.1) is 0 Å². The first-order chi connectivity index (χ1) is 8.71. The van der Waals surface area contributed by atoms with E-state index in [0.29, 0.717) is 11.8 Å². The van der Waals surface area contributed by atoms with Crippen LogP contribution in [0.3, 0.4) is 0 Å². The Labute approximate surface area is 112 Å². The monoisotopic (exact) mass is 245 g/mol. The number of benzene rings is 1. The van der Waals surface area contributed by atoms with Gasteiger partial charge in [0, 0.05) is 5.54 Å². The minimum Gasteiger partial charge on any atom is -0.325 e. The topological polar surface area (TPSA) is 26.0 Å². The number of hydrogen-bond acceptors (Lipinski definition) is 1. The van der Waals surface area contributed by atoms with E-state index in [9.17, 15) is 0 Å². The van der Waals surface area contributed by atoms with Crippen LogP contribution in [0, 0.1) is 5.92 Å². The molecular formula is C17H27N. The Morgan fingerprint density at radius 3 is 2.50 bits per heavy atom.